The van der Waals surface area contributed by atoms with E-state index in [1.807, 2.05) is 0 Å². The molecular formula is C13H14F4N2. The van der Waals surface area contributed by atoms with Crippen LogP contribution in [0.3, 0.4) is 0 Å². The van der Waals surface area contributed by atoms with Crippen molar-refractivity contribution in [3.63, 3.8) is 0 Å². The first kappa shape index (κ1) is 15.4. The van der Waals surface area contributed by atoms with Crippen LogP contribution in [0, 0.1) is 17.1 Å². The van der Waals surface area contributed by atoms with Crippen molar-refractivity contribution in [1.82, 2.24) is 4.90 Å². The molecule has 104 valence electrons. The van der Waals surface area contributed by atoms with E-state index < -0.39 is 18.5 Å². The van der Waals surface area contributed by atoms with Crippen molar-refractivity contribution in [3.8, 4) is 6.07 Å². The lowest BCUT2D eigenvalue weighted by Gasteiger charge is -2.23. The Balaban J connectivity index is 2.84. The predicted molar refractivity (Wildman–Crippen MR) is 62.7 cm³/mol. The topological polar surface area (TPSA) is 27.0 Å². The summed E-state index contributed by atoms with van der Waals surface area (Å²) >= 11 is 0. The van der Waals surface area contributed by atoms with E-state index in [-0.39, 0.29) is 18.7 Å². The SMILES string of the molecule is CCCN(Cc1cc(F)cc(C#N)c1)CC(F)(F)F. The van der Waals surface area contributed by atoms with Crippen LogP contribution in [0.5, 0.6) is 0 Å². The second-order valence-corrected chi connectivity index (χ2v) is 4.29. The second kappa shape index (κ2) is 6.53. The lowest BCUT2D eigenvalue weighted by Crippen LogP contribution is -2.34. The molecule has 0 heterocycles. The van der Waals surface area contributed by atoms with Gasteiger partial charge in [-0.3, -0.25) is 4.90 Å². The Hall–Kier alpha value is -1.61. The zero-order chi connectivity index (χ0) is 14.5. The van der Waals surface area contributed by atoms with Gasteiger partial charge in [0.15, 0.2) is 0 Å². The number of benzene rings is 1. The summed E-state index contributed by atoms with van der Waals surface area (Å²) in [6, 6.07) is 5.39. The standard InChI is InChI=1S/C13H14F4N2/c1-2-3-19(9-13(15,16)17)8-11-4-10(7-18)5-12(14)6-11/h4-6H,2-3,8-9H2,1H3. The molecule has 1 aromatic rings. The molecule has 0 aliphatic carbocycles. The van der Waals surface area contributed by atoms with Gasteiger partial charge < -0.3 is 0 Å². The zero-order valence-electron chi connectivity index (χ0n) is 10.5. The fourth-order valence-corrected chi connectivity index (χ4v) is 1.85. The van der Waals surface area contributed by atoms with Gasteiger partial charge in [-0.25, -0.2) is 4.39 Å². The van der Waals surface area contributed by atoms with Crippen molar-refractivity contribution in [2.24, 2.45) is 0 Å². The smallest absolute Gasteiger partial charge is 0.291 e. The summed E-state index contributed by atoms with van der Waals surface area (Å²) in [5.41, 5.74) is 0.479. The van der Waals surface area contributed by atoms with Crippen molar-refractivity contribution >= 4 is 0 Å². The molecule has 19 heavy (non-hydrogen) atoms. The number of nitrogens with zero attached hydrogens (tertiary/aromatic N) is 2. The Morgan fingerprint density at radius 1 is 1.26 bits per heavy atom. The Bertz CT molecular complexity index is 463. The summed E-state index contributed by atoms with van der Waals surface area (Å²) < 4.78 is 50.4. The molecule has 0 spiro atoms. The molecule has 1 aromatic carbocycles. The Labute approximate surface area is 109 Å². The molecule has 0 saturated heterocycles. The van der Waals surface area contributed by atoms with Crippen LogP contribution < -0.4 is 0 Å². The van der Waals surface area contributed by atoms with Crippen LogP contribution in [0.15, 0.2) is 18.2 Å². The monoisotopic (exact) mass is 274 g/mol. The van der Waals surface area contributed by atoms with Gasteiger partial charge in [-0.2, -0.15) is 18.4 Å². The summed E-state index contributed by atoms with van der Waals surface area (Å²) in [7, 11) is 0. The maximum atomic E-state index is 13.2. The van der Waals surface area contributed by atoms with Crippen molar-refractivity contribution < 1.29 is 17.6 Å². The van der Waals surface area contributed by atoms with Gasteiger partial charge in [-0.15, -0.1) is 0 Å². The molecule has 0 bridgehead atoms. The van der Waals surface area contributed by atoms with Crippen molar-refractivity contribution in [3.05, 3.63) is 35.1 Å². The highest BCUT2D eigenvalue weighted by atomic mass is 19.4. The molecule has 0 fully saturated rings. The van der Waals surface area contributed by atoms with Gasteiger partial charge in [0.25, 0.3) is 0 Å². The molecule has 0 atom stereocenters. The molecule has 0 radical (unpaired) electrons. The number of hydrogen-bond acceptors (Lipinski definition) is 2. The minimum absolute atomic E-state index is 0.0280. The van der Waals surface area contributed by atoms with Crippen LogP contribution in [0.2, 0.25) is 0 Å². The number of rotatable bonds is 5. The van der Waals surface area contributed by atoms with Gasteiger partial charge >= 0.3 is 6.18 Å². The third kappa shape index (κ3) is 5.71. The first-order valence-corrected chi connectivity index (χ1v) is 5.82. The molecule has 1 rings (SSSR count). The molecule has 6 heteroatoms. The molecule has 0 aliphatic rings. The average molecular weight is 274 g/mol. The van der Waals surface area contributed by atoms with Gasteiger partial charge in [-0.1, -0.05) is 6.92 Å². The van der Waals surface area contributed by atoms with Crippen LogP contribution in [0.4, 0.5) is 17.6 Å². The first-order chi connectivity index (χ1) is 8.84. The van der Waals surface area contributed by atoms with Gasteiger partial charge in [0, 0.05) is 6.54 Å². The van der Waals surface area contributed by atoms with E-state index in [1.54, 1.807) is 13.0 Å². The summed E-state index contributed by atoms with van der Waals surface area (Å²) in [5.74, 6) is -0.613. The minimum Gasteiger partial charge on any atom is -0.291 e. The summed E-state index contributed by atoms with van der Waals surface area (Å²) in [6.07, 6.45) is -3.73. The molecule has 0 aliphatic heterocycles. The van der Waals surface area contributed by atoms with E-state index in [4.69, 9.17) is 5.26 Å². The highest BCUT2D eigenvalue weighted by molar-refractivity contribution is 5.33. The van der Waals surface area contributed by atoms with E-state index in [1.165, 1.54) is 11.0 Å². The van der Waals surface area contributed by atoms with E-state index in [0.29, 0.717) is 12.0 Å². The number of hydrogen-bond donors (Lipinski definition) is 0. The van der Waals surface area contributed by atoms with Crippen molar-refractivity contribution in [2.45, 2.75) is 26.1 Å². The predicted octanol–water partition coefficient (Wildman–Crippen LogP) is 3.47. The largest absolute Gasteiger partial charge is 0.401 e. The van der Waals surface area contributed by atoms with Crippen LogP contribution in [-0.4, -0.2) is 24.2 Å². The van der Waals surface area contributed by atoms with Crippen molar-refractivity contribution in [1.29, 1.82) is 5.26 Å². The number of alkyl halides is 3. The average Bonchev–Trinajstić information content (AvgIpc) is 2.26. The quantitative estimate of drug-likeness (QED) is 0.769. The third-order valence-corrected chi connectivity index (χ3v) is 2.44. The molecule has 0 aromatic heterocycles. The van der Waals surface area contributed by atoms with E-state index in [0.717, 1.165) is 12.1 Å². The highest BCUT2D eigenvalue weighted by Crippen LogP contribution is 2.19. The second-order valence-electron chi connectivity index (χ2n) is 4.29. The van der Waals surface area contributed by atoms with Crippen LogP contribution in [-0.2, 0) is 6.54 Å². The Morgan fingerprint density at radius 3 is 2.47 bits per heavy atom. The number of halogens is 4. The van der Waals surface area contributed by atoms with E-state index >= 15 is 0 Å². The van der Waals surface area contributed by atoms with Crippen LogP contribution in [0.25, 0.3) is 0 Å². The summed E-state index contributed by atoms with van der Waals surface area (Å²) in [5, 5.41) is 8.70. The van der Waals surface area contributed by atoms with Crippen LogP contribution in [0.1, 0.15) is 24.5 Å². The van der Waals surface area contributed by atoms with Crippen LogP contribution >= 0.6 is 0 Å². The minimum atomic E-state index is -4.29. The molecular weight excluding hydrogens is 260 g/mol. The van der Waals surface area contributed by atoms with Gasteiger partial charge in [0.1, 0.15) is 5.82 Å². The molecule has 0 amide bonds. The Morgan fingerprint density at radius 2 is 1.95 bits per heavy atom. The van der Waals surface area contributed by atoms with E-state index in [9.17, 15) is 17.6 Å². The zero-order valence-corrected chi connectivity index (χ0v) is 10.5. The van der Waals surface area contributed by atoms with E-state index in [2.05, 4.69) is 0 Å². The van der Waals surface area contributed by atoms with Gasteiger partial charge in [-0.05, 0) is 36.7 Å². The molecule has 0 N–H and O–H groups in total. The molecule has 0 unspecified atom stereocenters. The maximum absolute atomic E-state index is 13.2. The lowest BCUT2D eigenvalue weighted by atomic mass is 10.1. The number of nitriles is 1. The van der Waals surface area contributed by atoms with Gasteiger partial charge in [0.05, 0.1) is 18.2 Å². The lowest BCUT2D eigenvalue weighted by molar-refractivity contribution is -0.147. The third-order valence-electron chi connectivity index (χ3n) is 2.44. The normalized spacial score (nSPS) is 11.6. The molecule has 2 nitrogen and oxygen atoms in total. The highest BCUT2D eigenvalue weighted by Gasteiger charge is 2.30. The fraction of sp³-hybridized carbons (Fsp3) is 0.462. The fourth-order valence-electron chi connectivity index (χ4n) is 1.85. The summed E-state index contributed by atoms with van der Waals surface area (Å²) in [4.78, 5) is 1.19. The Kier molecular flexibility index (Phi) is 5.31. The maximum Gasteiger partial charge on any atom is 0.401 e. The summed E-state index contributed by atoms with van der Waals surface area (Å²) in [6.45, 7) is 0.965. The van der Waals surface area contributed by atoms with Gasteiger partial charge in [0.2, 0.25) is 0 Å². The van der Waals surface area contributed by atoms with Crippen molar-refractivity contribution in [2.75, 3.05) is 13.1 Å². The molecule has 0 saturated carbocycles. The first-order valence-electron chi connectivity index (χ1n) is 5.82.